The second-order valence-corrected chi connectivity index (χ2v) is 2.72. The molecule has 0 amide bonds. The van der Waals surface area contributed by atoms with Crippen molar-refractivity contribution in [3.8, 4) is 0 Å². The van der Waals surface area contributed by atoms with Crippen molar-refractivity contribution >= 4 is 11.7 Å². The third-order valence-corrected chi connectivity index (χ3v) is 1.38. The summed E-state index contributed by atoms with van der Waals surface area (Å²) in [5, 5.41) is 17.0. The summed E-state index contributed by atoms with van der Waals surface area (Å²) in [6, 6.07) is 7.31. The molecule has 0 aliphatic heterocycles. The third-order valence-electron chi connectivity index (χ3n) is 1.38. The van der Waals surface area contributed by atoms with E-state index < -0.39 is 12.1 Å². The van der Waals surface area contributed by atoms with Crippen LogP contribution in [-0.2, 0) is 4.79 Å². The van der Waals surface area contributed by atoms with Crippen LogP contribution in [0.2, 0.25) is 0 Å². The van der Waals surface area contributed by atoms with Crippen LogP contribution in [0.1, 0.15) is 5.56 Å². The molecule has 86 valence electrons. The summed E-state index contributed by atoms with van der Waals surface area (Å²) >= 11 is 0. The van der Waals surface area contributed by atoms with Crippen LogP contribution in [0.15, 0.2) is 24.3 Å². The van der Waals surface area contributed by atoms with Gasteiger partial charge in [-0.05, 0) is 6.92 Å². The number of hydrogen-bond donors (Lipinski definition) is 0. The van der Waals surface area contributed by atoms with Gasteiger partial charge >= 0.3 is 11.9 Å². The van der Waals surface area contributed by atoms with Crippen molar-refractivity contribution in [3.63, 3.8) is 0 Å². The normalized spacial score (nSPS) is 9.69. The highest BCUT2D eigenvalue weighted by atomic mass is 19.4. The van der Waals surface area contributed by atoms with Gasteiger partial charge in [-0.1, -0.05) is 17.7 Å². The zero-order valence-electron chi connectivity index (χ0n) is 8.15. The van der Waals surface area contributed by atoms with E-state index in [0.717, 1.165) is 0 Å². The smallest absolute Gasteiger partial charge is 0.430 e. The van der Waals surface area contributed by atoms with Crippen molar-refractivity contribution in [2.75, 3.05) is 0 Å². The van der Waals surface area contributed by atoms with Gasteiger partial charge in [0.05, 0.1) is 0 Å². The number of aliphatic carboxylic acids is 1. The highest BCUT2D eigenvalue weighted by Gasteiger charge is 2.28. The number of benzene rings is 1. The quantitative estimate of drug-likeness (QED) is 0.640. The monoisotopic (exact) mass is 232 g/mol. The van der Waals surface area contributed by atoms with E-state index in [1.54, 1.807) is 12.1 Å². The van der Waals surface area contributed by atoms with Crippen LogP contribution in [0.3, 0.4) is 0 Å². The molecule has 0 aliphatic rings. The number of rotatable bonds is 0. The lowest BCUT2D eigenvalue weighted by molar-refractivity contribution is -0.344. The van der Waals surface area contributed by atoms with E-state index in [4.69, 9.17) is 15.3 Å². The Balaban J connectivity index is 0.000000293. The van der Waals surface area contributed by atoms with Gasteiger partial charge in [-0.25, -0.2) is 0 Å². The second kappa shape index (κ2) is 5.70. The SMILES string of the molecule is Cc1ccc([N+]#N)cc1.O=C([O-])C(F)(F)F. The van der Waals surface area contributed by atoms with E-state index in [2.05, 4.69) is 4.98 Å². The highest BCUT2D eigenvalue weighted by molar-refractivity contribution is 5.70. The Morgan fingerprint density at radius 3 is 1.94 bits per heavy atom. The number of carbonyl (C=O) groups is 1. The van der Waals surface area contributed by atoms with Gasteiger partial charge in [-0.2, -0.15) is 13.2 Å². The van der Waals surface area contributed by atoms with Crippen molar-refractivity contribution in [2.45, 2.75) is 13.1 Å². The maximum atomic E-state index is 10.5. The Morgan fingerprint density at radius 1 is 1.31 bits per heavy atom. The molecule has 0 atom stereocenters. The molecule has 0 heterocycles. The average Bonchev–Trinajstić information content (AvgIpc) is 2.18. The number of nitrogens with zero attached hydrogens (tertiary/aromatic N) is 2. The lowest BCUT2D eigenvalue weighted by atomic mass is 10.2. The van der Waals surface area contributed by atoms with E-state index in [1.807, 2.05) is 19.1 Å². The van der Waals surface area contributed by atoms with Gasteiger partial charge in [-0.15, -0.1) is 0 Å². The fourth-order valence-electron chi connectivity index (χ4n) is 0.611. The first-order valence-electron chi connectivity index (χ1n) is 3.97. The van der Waals surface area contributed by atoms with Crippen molar-refractivity contribution in [1.82, 2.24) is 0 Å². The van der Waals surface area contributed by atoms with Crippen LogP contribution >= 0.6 is 0 Å². The predicted octanol–water partition coefficient (Wildman–Crippen LogP) is 1.78. The van der Waals surface area contributed by atoms with Gasteiger partial charge in [-0.3, -0.25) is 0 Å². The molecule has 0 unspecified atom stereocenters. The molecule has 0 N–H and O–H groups in total. The minimum Gasteiger partial charge on any atom is -0.542 e. The number of diazo groups is 1. The summed E-state index contributed by atoms with van der Waals surface area (Å²) in [6.45, 7) is 1.99. The zero-order chi connectivity index (χ0) is 12.8. The molecule has 0 aliphatic carbocycles. The van der Waals surface area contributed by atoms with E-state index in [1.165, 1.54) is 5.56 Å². The molecule has 1 aromatic rings. The van der Waals surface area contributed by atoms with Crippen LogP contribution in [0.4, 0.5) is 18.9 Å². The molecule has 0 spiro atoms. The molecular formula is C9H7F3N2O2. The molecule has 0 fully saturated rings. The molecule has 0 bridgehead atoms. The number of carbonyl (C=O) groups excluding carboxylic acids is 1. The van der Waals surface area contributed by atoms with Gasteiger partial charge in [0.1, 0.15) is 5.97 Å². The van der Waals surface area contributed by atoms with Gasteiger partial charge in [0.15, 0.2) is 4.98 Å². The van der Waals surface area contributed by atoms with E-state index in [9.17, 15) is 13.2 Å². The molecule has 1 aromatic carbocycles. The molecule has 0 radical (unpaired) electrons. The molecule has 7 heteroatoms. The highest BCUT2D eigenvalue weighted by Crippen LogP contribution is 2.11. The molecule has 0 aromatic heterocycles. The molecular weight excluding hydrogens is 225 g/mol. The van der Waals surface area contributed by atoms with Crippen molar-refractivity contribution in [3.05, 3.63) is 34.8 Å². The van der Waals surface area contributed by atoms with Gasteiger partial charge in [0, 0.05) is 12.1 Å². The second-order valence-electron chi connectivity index (χ2n) is 2.72. The van der Waals surface area contributed by atoms with Crippen molar-refractivity contribution in [1.29, 1.82) is 5.39 Å². The summed E-state index contributed by atoms with van der Waals surface area (Å²) < 4.78 is 31.5. The van der Waals surface area contributed by atoms with Crippen LogP contribution in [0.25, 0.3) is 4.98 Å². The first kappa shape index (κ1) is 13.9. The first-order chi connectivity index (χ1) is 7.27. The van der Waals surface area contributed by atoms with Crippen molar-refractivity contribution < 1.29 is 23.1 Å². The lowest BCUT2D eigenvalue weighted by Crippen LogP contribution is -2.37. The van der Waals surface area contributed by atoms with E-state index in [-0.39, 0.29) is 0 Å². The largest absolute Gasteiger partial charge is 0.542 e. The minimum atomic E-state index is -5.19. The van der Waals surface area contributed by atoms with Gasteiger partial charge in [0.2, 0.25) is 5.39 Å². The Bertz CT molecular complexity index is 393. The summed E-state index contributed by atoms with van der Waals surface area (Å²) in [6.07, 6.45) is -5.19. The van der Waals surface area contributed by atoms with E-state index >= 15 is 0 Å². The molecule has 4 nitrogen and oxygen atoms in total. The number of alkyl halides is 3. The zero-order valence-corrected chi connectivity index (χ0v) is 8.15. The van der Waals surface area contributed by atoms with Gasteiger partial charge < -0.3 is 9.90 Å². The fourth-order valence-corrected chi connectivity index (χ4v) is 0.611. The fraction of sp³-hybridized carbons (Fsp3) is 0.222. The third kappa shape index (κ3) is 5.59. The Kier molecular flexibility index (Phi) is 4.95. The number of hydrogen-bond acceptors (Lipinski definition) is 3. The van der Waals surface area contributed by atoms with Crippen LogP contribution < -0.4 is 5.11 Å². The predicted molar refractivity (Wildman–Crippen MR) is 47.0 cm³/mol. The van der Waals surface area contributed by atoms with Crippen LogP contribution in [-0.4, -0.2) is 12.1 Å². The number of aryl methyl sites for hydroxylation is 1. The Hall–Kier alpha value is -2.10. The summed E-state index contributed by atoms with van der Waals surface area (Å²) in [5.41, 5.74) is 1.77. The maximum Gasteiger partial charge on any atom is 0.430 e. The minimum absolute atomic E-state index is 0.598. The standard InChI is InChI=1S/C7H7N2.C2HF3O2/c1-6-2-4-7(9-8)5-3-6;3-2(4,5)1(6)7/h2-5H,1H3;(H,6,7)/q+1;/p-1. The van der Waals surface area contributed by atoms with E-state index in [0.29, 0.717) is 5.69 Å². The number of halogens is 3. The van der Waals surface area contributed by atoms with Gasteiger partial charge in [0.25, 0.3) is 0 Å². The maximum absolute atomic E-state index is 10.5. The topological polar surface area (TPSA) is 68.3 Å². The summed E-state index contributed by atoms with van der Waals surface area (Å²) in [4.78, 5) is 11.8. The Morgan fingerprint density at radius 2 is 1.69 bits per heavy atom. The summed E-state index contributed by atoms with van der Waals surface area (Å²) in [7, 11) is 0. The van der Waals surface area contributed by atoms with Crippen LogP contribution in [0, 0.1) is 12.3 Å². The number of carboxylic acids is 1. The average molecular weight is 232 g/mol. The lowest BCUT2D eigenvalue weighted by Gasteiger charge is -2.03. The molecule has 1 rings (SSSR count). The Labute approximate surface area is 88.9 Å². The molecule has 0 saturated heterocycles. The van der Waals surface area contributed by atoms with Crippen LogP contribution in [0.5, 0.6) is 0 Å². The molecule has 16 heavy (non-hydrogen) atoms. The van der Waals surface area contributed by atoms with Crippen molar-refractivity contribution in [2.24, 2.45) is 0 Å². The number of carboxylic acid groups (broad SMARTS) is 1. The first-order valence-corrected chi connectivity index (χ1v) is 3.97. The summed E-state index contributed by atoms with van der Waals surface area (Å²) in [5.74, 6) is -3.01. The molecule has 0 saturated carbocycles.